The van der Waals surface area contributed by atoms with Crippen molar-refractivity contribution in [2.75, 3.05) is 13.1 Å². The van der Waals surface area contributed by atoms with Crippen LogP contribution in [0.2, 0.25) is 10.0 Å². The Balaban J connectivity index is 1.75. The summed E-state index contributed by atoms with van der Waals surface area (Å²) in [4.78, 5) is 30.3. The number of likely N-dealkylation sites (tertiary alicyclic amines) is 1. The number of carbonyl (C=O) groups excluding carboxylic acids is 1. The molecule has 1 fully saturated rings. The highest BCUT2D eigenvalue weighted by Crippen LogP contribution is 2.31. The van der Waals surface area contributed by atoms with E-state index in [1.54, 1.807) is 24.5 Å². The second-order valence-corrected chi connectivity index (χ2v) is 7.27. The molecule has 0 bridgehead atoms. The summed E-state index contributed by atoms with van der Waals surface area (Å²) < 4.78 is 1.47. The molecule has 3 aromatic rings. The Labute approximate surface area is 160 Å². The summed E-state index contributed by atoms with van der Waals surface area (Å²) in [6.07, 6.45) is 5.49. The summed E-state index contributed by atoms with van der Waals surface area (Å²) in [5.74, 6) is -0.0180. The highest BCUT2D eigenvalue weighted by Gasteiger charge is 2.19. The molecular formula is C19H17Cl2N3O2. The van der Waals surface area contributed by atoms with Crippen LogP contribution in [0.3, 0.4) is 0 Å². The third-order valence-corrected chi connectivity index (χ3v) is 5.54. The molecule has 1 amide bonds. The molecule has 7 heteroatoms. The number of aromatic amines is 1. The smallest absolute Gasteiger partial charge is 0.261 e. The van der Waals surface area contributed by atoms with Gasteiger partial charge in [0.2, 0.25) is 5.91 Å². The van der Waals surface area contributed by atoms with Crippen LogP contribution in [-0.4, -0.2) is 33.4 Å². The number of H-pyrrole nitrogens is 1. The van der Waals surface area contributed by atoms with Crippen LogP contribution in [0.5, 0.6) is 0 Å². The van der Waals surface area contributed by atoms with Crippen molar-refractivity contribution in [3.63, 3.8) is 0 Å². The molecule has 0 atom stereocenters. The molecule has 0 spiro atoms. The van der Waals surface area contributed by atoms with Crippen LogP contribution in [0.1, 0.15) is 12.8 Å². The Morgan fingerprint density at radius 1 is 1.12 bits per heavy atom. The van der Waals surface area contributed by atoms with Gasteiger partial charge in [0.1, 0.15) is 6.54 Å². The summed E-state index contributed by atoms with van der Waals surface area (Å²) in [5, 5.41) is 1.43. The van der Waals surface area contributed by atoms with Crippen molar-refractivity contribution < 1.29 is 4.79 Å². The molecule has 0 saturated carbocycles. The van der Waals surface area contributed by atoms with Crippen molar-refractivity contribution >= 4 is 40.0 Å². The molecule has 1 aliphatic rings. The number of hydrogen-bond acceptors (Lipinski definition) is 2. The van der Waals surface area contributed by atoms with E-state index < -0.39 is 0 Å². The van der Waals surface area contributed by atoms with Crippen molar-refractivity contribution in [1.29, 1.82) is 0 Å². The number of benzene rings is 1. The van der Waals surface area contributed by atoms with Gasteiger partial charge in [0, 0.05) is 31.0 Å². The third-order valence-electron chi connectivity index (χ3n) is 4.80. The van der Waals surface area contributed by atoms with Gasteiger partial charge in [-0.25, -0.2) is 0 Å². The molecule has 26 heavy (non-hydrogen) atoms. The molecule has 0 radical (unpaired) electrons. The van der Waals surface area contributed by atoms with Crippen LogP contribution in [0.15, 0.2) is 41.5 Å². The van der Waals surface area contributed by atoms with Gasteiger partial charge in [-0.2, -0.15) is 0 Å². The number of nitrogens with one attached hydrogen (secondary N) is 1. The van der Waals surface area contributed by atoms with Gasteiger partial charge < -0.3 is 14.5 Å². The van der Waals surface area contributed by atoms with Gasteiger partial charge in [0.15, 0.2) is 0 Å². The van der Waals surface area contributed by atoms with Crippen LogP contribution in [-0.2, 0) is 11.3 Å². The predicted octanol–water partition coefficient (Wildman–Crippen LogP) is 3.93. The number of amides is 1. The van der Waals surface area contributed by atoms with E-state index in [1.165, 1.54) is 4.57 Å². The van der Waals surface area contributed by atoms with E-state index in [2.05, 4.69) is 4.98 Å². The van der Waals surface area contributed by atoms with Crippen molar-refractivity contribution in [3.05, 3.63) is 57.1 Å². The minimum Gasteiger partial charge on any atom is -0.360 e. The second kappa shape index (κ2) is 6.82. The summed E-state index contributed by atoms with van der Waals surface area (Å²) in [7, 11) is 0. The second-order valence-electron chi connectivity index (χ2n) is 6.46. The molecule has 1 aliphatic heterocycles. The molecule has 2 aromatic heterocycles. The Kier molecular flexibility index (Phi) is 4.51. The first-order valence-corrected chi connectivity index (χ1v) is 9.24. The zero-order valence-corrected chi connectivity index (χ0v) is 15.5. The van der Waals surface area contributed by atoms with E-state index in [9.17, 15) is 9.59 Å². The highest BCUT2D eigenvalue weighted by atomic mass is 35.5. The monoisotopic (exact) mass is 389 g/mol. The zero-order valence-electron chi connectivity index (χ0n) is 14.0. The first-order valence-electron chi connectivity index (χ1n) is 8.48. The Hall–Kier alpha value is -2.24. The third kappa shape index (κ3) is 3.02. The maximum absolute atomic E-state index is 13.0. The molecule has 0 aliphatic carbocycles. The van der Waals surface area contributed by atoms with E-state index >= 15 is 0 Å². The fourth-order valence-corrected chi connectivity index (χ4v) is 3.70. The zero-order chi connectivity index (χ0) is 18.3. The lowest BCUT2D eigenvalue weighted by atomic mass is 10.1. The quantitative estimate of drug-likeness (QED) is 0.737. The Morgan fingerprint density at radius 3 is 2.62 bits per heavy atom. The predicted molar refractivity (Wildman–Crippen MR) is 104 cm³/mol. The average Bonchev–Trinajstić information content (AvgIpc) is 3.29. The number of hydrogen-bond donors (Lipinski definition) is 1. The van der Waals surface area contributed by atoms with Crippen LogP contribution >= 0.6 is 23.2 Å². The SMILES string of the molecule is O=C(Cn1ccc2[nH]cc(-c3ccc(Cl)c(Cl)c3)c2c1=O)N1CCCC1. The summed E-state index contributed by atoms with van der Waals surface area (Å²) in [6, 6.07) is 7.08. The Bertz CT molecular complexity index is 1050. The summed E-state index contributed by atoms with van der Waals surface area (Å²) in [5.41, 5.74) is 2.07. The minimum atomic E-state index is -0.197. The number of halogens is 2. The van der Waals surface area contributed by atoms with E-state index in [0.29, 0.717) is 15.4 Å². The van der Waals surface area contributed by atoms with Crippen molar-refractivity contribution in [1.82, 2.24) is 14.5 Å². The van der Waals surface area contributed by atoms with Crippen molar-refractivity contribution in [2.45, 2.75) is 19.4 Å². The largest absolute Gasteiger partial charge is 0.360 e. The minimum absolute atomic E-state index is 0.0180. The number of nitrogens with zero attached hydrogens (tertiary/aromatic N) is 2. The van der Waals surface area contributed by atoms with Gasteiger partial charge in [-0.1, -0.05) is 29.3 Å². The molecule has 3 heterocycles. The molecule has 0 unspecified atom stereocenters. The fourth-order valence-electron chi connectivity index (χ4n) is 3.41. The van der Waals surface area contributed by atoms with E-state index in [1.807, 2.05) is 17.0 Å². The lowest BCUT2D eigenvalue weighted by Crippen LogP contribution is -2.34. The molecule has 5 nitrogen and oxygen atoms in total. The number of pyridine rings is 1. The maximum atomic E-state index is 13.0. The molecular weight excluding hydrogens is 373 g/mol. The summed E-state index contributed by atoms with van der Waals surface area (Å²) in [6.45, 7) is 1.60. The first kappa shape index (κ1) is 17.2. The lowest BCUT2D eigenvalue weighted by molar-refractivity contribution is -0.130. The fraction of sp³-hybridized carbons (Fsp3) is 0.263. The van der Waals surface area contributed by atoms with Gasteiger partial charge in [-0.3, -0.25) is 9.59 Å². The highest BCUT2D eigenvalue weighted by molar-refractivity contribution is 6.42. The van der Waals surface area contributed by atoms with Gasteiger partial charge in [-0.15, -0.1) is 0 Å². The molecule has 1 saturated heterocycles. The molecule has 134 valence electrons. The molecule has 4 rings (SSSR count). The number of fused-ring (bicyclic) bond motifs is 1. The van der Waals surface area contributed by atoms with Gasteiger partial charge in [0.25, 0.3) is 5.56 Å². The Morgan fingerprint density at radius 2 is 1.88 bits per heavy atom. The van der Waals surface area contributed by atoms with E-state index in [0.717, 1.165) is 42.6 Å². The van der Waals surface area contributed by atoms with Gasteiger partial charge in [0.05, 0.1) is 20.9 Å². The summed E-state index contributed by atoms with van der Waals surface area (Å²) >= 11 is 12.1. The van der Waals surface area contributed by atoms with Crippen molar-refractivity contribution in [3.8, 4) is 11.1 Å². The van der Waals surface area contributed by atoms with E-state index in [-0.39, 0.29) is 18.0 Å². The molecule has 1 aromatic carbocycles. The first-order chi connectivity index (χ1) is 12.5. The van der Waals surface area contributed by atoms with Gasteiger partial charge in [-0.05, 0) is 36.6 Å². The molecule has 1 N–H and O–H groups in total. The standard InChI is InChI=1S/C19H17Cl2N3O2/c20-14-4-3-12(9-15(14)21)13-10-22-16-5-8-24(19(26)18(13)16)11-17(25)23-6-1-2-7-23/h3-5,8-10,22H,1-2,6-7,11H2. The number of carbonyl (C=O) groups is 1. The van der Waals surface area contributed by atoms with Crippen LogP contribution < -0.4 is 5.56 Å². The number of aromatic nitrogens is 2. The van der Waals surface area contributed by atoms with Crippen LogP contribution in [0, 0.1) is 0 Å². The van der Waals surface area contributed by atoms with Crippen molar-refractivity contribution in [2.24, 2.45) is 0 Å². The van der Waals surface area contributed by atoms with Crippen LogP contribution in [0.25, 0.3) is 22.0 Å². The number of rotatable bonds is 3. The lowest BCUT2D eigenvalue weighted by Gasteiger charge is -2.16. The van der Waals surface area contributed by atoms with Crippen LogP contribution in [0.4, 0.5) is 0 Å². The maximum Gasteiger partial charge on any atom is 0.261 e. The average molecular weight is 390 g/mol. The normalized spacial score (nSPS) is 14.3. The topological polar surface area (TPSA) is 58.1 Å². The van der Waals surface area contributed by atoms with E-state index in [4.69, 9.17) is 23.2 Å². The van der Waals surface area contributed by atoms with Gasteiger partial charge >= 0.3 is 0 Å².